The van der Waals surface area contributed by atoms with Gasteiger partial charge in [-0.1, -0.05) is 28.0 Å². The average Bonchev–Trinajstić information content (AvgIpc) is 2.49. The number of rotatable bonds is 5. The summed E-state index contributed by atoms with van der Waals surface area (Å²) >= 11 is 0. The van der Waals surface area contributed by atoms with Crippen molar-refractivity contribution in [3.63, 3.8) is 0 Å². The van der Waals surface area contributed by atoms with Gasteiger partial charge in [-0.2, -0.15) is 0 Å². The number of hydrogen-bond acceptors (Lipinski definition) is 3. The lowest BCUT2D eigenvalue weighted by Gasteiger charge is -2.04. The predicted octanol–water partition coefficient (Wildman–Crippen LogP) is 2.51. The van der Waals surface area contributed by atoms with Gasteiger partial charge in [-0.3, -0.25) is 10.5 Å². The fourth-order valence-corrected chi connectivity index (χ4v) is 4.25. The minimum Gasteiger partial charge on any atom is -0.273 e. The molecule has 1 fully saturated rings. The molecule has 69 valence electrons. The number of amides is 1. The van der Waals surface area contributed by atoms with Crippen LogP contribution < -0.4 is 5.73 Å². The van der Waals surface area contributed by atoms with Gasteiger partial charge >= 0.3 is 0 Å². The van der Waals surface area contributed by atoms with Gasteiger partial charge in [0.05, 0.1) is 0 Å². The largest absolute Gasteiger partial charge is 0.273 e. The van der Waals surface area contributed by atoms with E-state index in [4.69, 9.17) is 5.73 Å². The van der Waals surface area contributed by atoms with Crippen molar-refractivity contribution in [2.75, 3.05) is 5.75 Å². The molecule has 1 rings (SSSR count). The monoisotopic (exact) mass is 204 g/mol. The highest BCUT2D eigenvalue weighted by molar-refractivity contribution is 8.77. The van der Waals surface area contributed by atoms with E-state index < -0.39 is 5.91 Å². The van der Waals surface area contributed by atoms with Gasteiger partial charge in [0.2, 0.25) is 5.91 Å². The predicted molar refractivity (Wildman–Crippen MR) is 55.0 cm³/mol. The first-order valence-corrected chi connectivity index (χ1v) is 6.70. The quantitative estimate of drug-likeness (QED) is 0.510. The standard InChI is InChI=1S/C8H14NOS2/c9-8(10)4-2-1-3-7-5-6-11-12-7/h7,9H,1-6H2. The molecule has 0 aliphatic carbocycles. The maximum absolute atomic E-state index is 10.3. The second-order valence-corrected chi connectivity index (χ2v) is 5.79. The Bertz CT molecular complexity index is 146. The molecule has 0 saturated carbocycles. The van der Waals surface area contributed by atoms with Crippen molar-refractivity contribution >= 4 is 27.5 Å². The number of hydrogen-bond donors (Lipinski definition) is 0. The summed E-state index contributed by atoms with van der Waals surface area (Å²) in [6.07, 6.45) is 5.02. The van der Waals surface area contributed by atoms with Crippen molar-refractivity contribution < 1.29 is 4.79 Å². The normalized spacial score (nSPS) is 22.8. The van der Waals surface area contributed by atoms with Crippen molar-refractivity contribution in [2.24, 2.45) is 0 Å². The number of carbonyl (C=O) groups excluding carboxylic acids is 1. The molecule has 1 amide bonds. The van der Waals surface area contributed by atoms with Gasteiger partial charge in [0.15, 0.2) is 0 Å². The molecule has 1 N–H and O–H groups in total. The van der Waals surface area contributed by atoms with E-state index in [1.165, 1.54) is 18.6 Å². The Labute approximate surface area is 81.4 Å². The van der Waals surface area contributed by atoms with E-state index in [1.807, 2.05) is 21.6 Å². The summed E-state index contributed by atoms with van der Waals surface area (Å²) in [5.74, 6) is 0.871. The van der Waals surface area contributed by atoms with Crippen LogP contribution in [0, 0.1) is 0 Å². The van der Waals surface area contributed by atoms with E-state index in [0.29, 0.717) is 6.42 Å². The van der Waals surface area contributed by atoms with Gasteiger partial charge in [-0.25, -0.2) is 0 Å². The second kappa shape index (κ2) is 5.75. The lowest BCUT2D eigenvalue weighted by atomic mass is 10.1. The molecule has 1 unspecified atom stereocenters. The third-order valence-electron chi connectivity index (χ3n) is 1.91. The fourth-order valence-electron chi connectivity index (χ4n) is 1.22. The summed E-state index contributed by atoms with van der Waals surface area (Å²) in [5, 5.41) is 0.816. The molecule has 1 saturated heterocycles. The van der Waals surface area contributed by atoms with Crippen molar-refractivity contribution in [1.82, 2.24) is 5.73 Å². The molecule has 0 bridgehead atoms. The third kappa shape index (κ3) is 4.26. The third-order valence-corrected chi connectivity index (χ3v) is 4.91. The van der Waals surface area contributed by atoms with Gasteiger partial charge in [-0.05, 0) is 19.3 Å². The van der Waals surface area contributed by atoms with Crippen LogP contribution in [0.3, 0.4) is 0 Å². The van der Waals surface area contributed by atoms with E-state index in [2.05, 4.69) is 0 Å². The summed E-state index contributed by atoms with van der Waals surface area (Å²) in [6.45, 7) is 0. The Morgan fingerprint density at radius 3 is 2.92 bits per heavy atom. The van der Waals surface area contributed by atoms with Gasteiger partial charge in [0.25, 0.3) is 0 Å². The van der Waals surface area contributed by atoms with Crippen molar-refractivity contribution in [3.8, 4) is 0 Å². The maximum atomic E-state index is 10.3. The zero-order chi connectivity index (χ0) is 8.81. The molecule has 1 radical (unpaired) electrons. The Kier molecular flexibility index (Phi) is 4.92. The van der Waals surface area contributed by atoms with E-state index in [-0.39, 0.29) is 0 Å². The Hall–Kier alpha value is 0.170. The summed E-state index contributed by atoms with van der Waals surface area (Å²) in [5.41, 5.74) is 6.72. The number of carbonyl (C=O) groups is 1. The number of unbranched alkanes of at least 4 members (excludes halogenated alkanes) is 1. The van der Waals surface area contributed by atoms with Gasteiger partial charge < -0.3 is 0 Å². The molecule has 1 aliphatic rings. The molecule has 0 aromatic rings. The van der Waals surface area contributed by atoms with Gasteiger partial charge in [0.1, 0.15) is 0 Å². The summed E-state index contributed by atoms with van der Waals surface area (Å²) in [6, 6.07) is 0. The highest BCUT2D eigenvalue weighted by atomic mass is 33.1. The van der Waals surface area contributed by atoms with Crippen LogP contribution in [-0.4, -0.2) is 16.9 Å². The number of nitrogens with one attached hydrogen (secondary N) is 1. The fraction of sp³-hybridized carbons (Fsp3) is 0.875. The molecule has 2 nitrogen and oxygen atoms in total. The highest BCUT2D eigenvalue weighted by Crippen LogP contribution is 2.39. The summed E-state index contributed by atoms with van der Waals surface area (Å²) in [7, 11) is 3.95. The molecule has 0 spiro atoms. The van der Waals surface area contributed by atoms with Crippen LogP contribution in [0.5, 0.6) is 0 Å². The Morgan fingerprint density at radius 1 is 1.50 bits per heavy atom. The minimum atomic E-state index is -0.413. The molecule has 1 heterocycles. The van der Waals surface area contributed by atoms with Crippen molar-refractivity contribution in [2.45, 2.75) is 37.4 Å². The second-order valence-electron chi connectivity index (χ2n) is 3.00. The molecule has 4 heteroatoms. The first kappa shape index (κ1) is 10.3. The van der Waals surface area contributed by atoms with Crippen LogP contribution in [0.2, 0.25) is 0 Å². The lowest BCUT2D eigenvalue weighted by molar-refractivity contribution is -0.118. The SMILES string of the molecule is [NH]C(=O)CCCCC1CCSS1. The van der Waals surface area contributed by atoms with Crippen LogP contribution >= 0.6 is 21.6 Å². The average molecular weight is 204 g/mol. The van der Waals surface area contributed by atoms with E-state index in [0.717, 1.165) is 18.1 Å². The van der Waals surface area contributed by atoms with E-state index in [9.17, 15) is 4.79 Å². The highest BCUT2D eigenvalue weighted by Gasteiger charge is 2.15. The minimum absolute atomic E-state index is 0.413. The van der Waals surface area contributed by atoms with Crippen LogP contribution in [0.25, 0.3) is 0 Å². The zero-order valence-corrected chi connectivity index (χ0v) is 8.68. The first-order valence-electron chi connectivity index (χ1n) is 4.32. The van der Waals surface area contributed by atoms with Crippen LogP contribution in [0.15, 0.2) is 0 Å². The van der Waals surface area contributed by atoms with Gasteiger partial charge in [0, 0.05) is 17.4 Å². The molecular formula is C8H14NOS2. The van der Waals surface area contributed by atoms with E-state index >= 15 is 0 Å². The van der Waals surface area contributed by atoms with Crippen LogP contribution in [0.4, 0.5) is 0 Å². The molecular weight excluding hydrogens is 190 g/mol. The van der Waals surface area contributed by atoms with Crippen LogP contribution in [-0.2, 0) is 4.79 Å². The molecule has 1 aliphatic heterocycles. The Balaban J connectivity index is 1.91. The van der Waals surface area contributed by atoms with Crippen molar-refractivity contribution in [1.29, 1.82) is 0 Å². The molecule has 0 aromatic carbocycles. The van der Waals surface area contributed by atoms with Gasteiger partial charge in [-0.15, -0.1) is 0 Å². The maximum Gasteiger partial charge on any atom is 0.238 e. The summed E-state index contributed by atoms with van der Waals surface area (Å²) in [4.78, 5) is 10.3. The molecule has 1 atom stereocenters. The zero-order valence-electron chi connectivity index (χ0n) is 7.04. The molecule has 0 aromatic heterocycles. The lowest BCUT2D eigenvalue weighted by Crippen LogP contribution is -2.00. The van der Waals surface area contributed by atoms with Crippen molar-refractivity contribution in [3.05, 3.63) is 0 Å². The van der Waals surface area contributed by atoms with Crippen LogP contribution in [0.1, 0.15) is 32.1 Å². The topological polar surface area (TPSA) is 40.9 Å². The smallest absolute Gasteiger partial charge is 0.238 e. The Morgan fingerprint density at radius 2 is 2.33 bits per heavy atom. The summed E-state index contributed by atoms with van der Waals surface area (Å²) < 4.78 is 0. The first-order chi connectivity index (χ1) is 5.79. The van der Waals surface area contributed by atoms with E-state index in [1.54, 1.807) is 0 Å². The molecule has 12 heavy (non-hydrogen) atoms.